The van der Waals surface area contributed by atoms with Gasteiger partial charge in [-0.2, -0.15) is 0 Å². The first kappa shape index (κ1) is 14.8. The fourth-order valence-corrected chi connectivity index (χ4v) is 2.82. The number of aryl methyl sites for hydroxylation is 2. The third-order valence-electron chi connectivity index (χ3n) is 3.84. The molecule has 0 aliphatic carbocycles. The van der Waals surface area contributed by atoms with Gasteiger partial charge in [-0.15, -0.1) is 0 Å². The van der Waals surface area contributed by atoms with Crippen LogP contribution in [0.15, 0.2) is 42.5 Å². The second-order valence-corrected chi connectivity index (χ2v) is 6.12. The molecule has 20 heavy (non-hydrogen) atoms. The molecule has 0 radical (unpaired) electrons. The first-order valence-corrected chi connectivity index (χ1v) is 7.39. The highest BCUT2D eigenvalue weighted by Gasteiger charge is 2.13. The second kappa shape index (κ2) is 6.23. The number of hydrogen-bond acceptors (Lipinski definition) is 1. The molecule has 0 saturated heterocycles. The predicted molar refractivity (Wildman–Crippen MR) is 86.9 cm³/mol. The molecule has 1 atom stereocenters. The van der Waals surface area contributed by atoms with Crippen LogP contribution in [-0.2, 0) is 6.42 Å². The van der Waals surface area contributed by atoms with E-state index in [9.17, 15) is 0 Å². The van der Waals surface area contributed by atoms with Crippen molar-refractivity contribution < 1.29 is 0 Å². The minimum absolute atomic E-state index is 0.0377. The Hall–Kier alpha value is -1.60. The molecule has 2 N–H and O–H groups in total. The summed E-state index contributed by atoms with van der Waals surface area (Å²) in [6.07, 6.45) is 1.12. The maximum absolute atomic E-state index is 6.47. The Labute approximate surface area is 122 Å². The largest absolute Gasteiger partial charge is 0.320 e. The van der Waals surface area contributed by atoms with Gasteiger partial charge in [0.15, 0.2) is 0 Å². The molecule has 0 saturated carbocycles. The van der Waals surface area contributed by atoms with Crippen molar-refractivity contribution in [3.63, 3.8) is 0 Å². The van der Waals surface area contributed by atoms with E-state index >= 15 is 0 Å². The van der Waals surface area contributed by atoms with Gasteiger partial charge in [-0.1, -0.05) is 56.3 Å². The van der Waals surface area contributed by atoms with Crippen molar-refractivity contribution in [1.29, 1.82) is 0 Å². The fraction of sp³-hybridized carbons (Fsp3) is 0.368. The minimum atomic E-state index is -0.0377. The Balaban J connectivity index is 2.27. The SMILES string of the molecule is Cc1cccc(C)c1C(N)c1ccc(CC(C)C)cc1. The first-order chi connectivity index (χ1) is 9.49. The van der Waals surface area contributed by atoms with Crippen LogP contribution in [0.25, 0.3) is 0 Å². The van der Waals surface area contributed by atoms with Crippen LogP contribution in [0.1, 0.15) is 47.7 Å². The van der Waals surface area contributed by atoms with E-state index in [4.69, 9.17) is 5.73 Å². The van der Waals surface area contributed by atoms with Crippen LogP contribution in [0.2, 0.25) is 0 Å². The van der Waals surface area contributed by atoms with Crippen molar-refractivity contribution in [2.24, 2.45) is 11.7 Å². The molecule has 106 valence electrons. The van der Waals surface area contributed by atoms with Crippen LogP contribution in [0, 0.1) is 19.8 Å². The van der Waals surface area contributed by atoms with E-state index in [1.807, 2.05) is 0 Å². The molecular weight excluding hydrogens is 242 g/mol. The van der Waals surface area contributed by atoms with E-state index in [1.54, 1.807) is 0 Å². The third-order valence-corrected chi connectivity index (χ3v) is 3.84. The van der Waals surface area contributed by atoms with Gasteiger partial charge < -0.3 is 5.73 Å². The standard InChI is InChI=1S/C19H25N/c1-13(2)12-16-8-10-17(11-9-16)19(20)18-14(3)6-5-7-15(18)4/h5-11,13,19H,12,20H2,1-4H3. The van der Waals surface area contributed by atoms with E-state index < -0.39 is 0 Å². The molecule has 1 heteroatoms. The van der Waals surface area contributed by atoms with E-state index in [0.29, 0.717) is 5.92 Å². The van der Waals surface area contributed by atoms with Crippen molar-refractivity contribution in [2.75, 3.05) is 0 Å². The minimum Gasteiger partial charge on any atom is -0.320 e. The molecule has 0 amide bonds. The number of rotatable bonds is 4. The summed E-state index contributed by atoms with van der Waals surface area (Å²) in [6.45, 7) is 8.76. The number of benzene rings is 2. The van der Waals surface area contributed by atoms with Gasteiger partial charge in [0.25, 0.3) is 0 Å². The summed E-state index contributed by atoms with van der Waals surface area (Å²) in [5, 5.41) is 0. The van der Waals surface area contributed by atoms with Crippen LogP contribution in [0.3, 0.4) is 0 Å². The second-order valence-electron chi connectivity index (χ2n) is 6.12. The molecule has 0 bridgehead atoms. The summed E-state index contributed by atoms with van der Waals surface area (Å²) in [6, 6.07) is 15.1. The summed E-state index contributed by atoms with van der Waals surface area (Å²) < 4.78 is 0. The monoisotopic (exact) mass is 267 g/mol. The quantitative estimate of drug-likeness (QED) is 0.864. The lowest BCUT2D eigenvalue weighted by atomic mass is 9.91. The fourth-order valence-electron chi connectivity index (χ4n) is 2.82. The van der Waals surface area contributed by atoms with Crippen LogP contribution in [0.5, 0.6) is 0 Å². The van der Waals surface area contributed by atoms with Gasteiger partial charge in [0.1, 0.15) is 0 Å². The first-order valence-electron chi connectivity index (χ1n) is 7.39. The molecule has 0 fully saturated rings. The zero-order valence-electron chi connectivity index (χ0n) is 13.0. The molecule has 0 aliphatic heterocycles. The molecule has 0 spiro atoms. The van der Waals surface area contributed by atoms with Gasteiger partial charge >= 0.3 is 0 Å². The Kier molecular flexibility index (Phi) is 4.61. The maximum atomic E-state index is 6.47. The summed E-state index contributed by atoms with van der Waals surface area (Å²) in [5.41, 5.74) is 12.8. The van der Waals surface area contributed by atoms with Crippen molar-refractivity contribution in [1.82, 2.24) is 0 Å². The highest BCUT2D eigenvalue weighted by Crippen LogP contribution is 2.26. The number of nitrogens with two attached hydrogens (primary N) is 1. The Bertz CT molecular complexity index is 547. The molecule has 2 aromatic carbocycles. The molecule has 0 heterocycles. The van der Waals surface area contributed by atoms with Gasteiger partial charge in [-0.25, -0.2) is 0 Å². The summed E-state index contributed by atoms with van der Waals surface area (Å²) in [7, 11) is 0. The Morgan fingerprint density at radius 2 is 1.45 bits per heavy atom. The summed E-state index contributed by atoms with van der Waals surface area (Å²) in [5.74, 6) is 0.688. The predicted octanol–water partition coefficient (Wildman–Crippen LogP) is 4.55. The molecule has 2 rings (SSSR count). The molecule has 0 aromatic heterocycles. The highest BCUT2D eigenvalue weighted by molar-refractivity contribution is 5.42. The van der Waals surface area contributed by atoms with Crippen LogP contribution in [-0.4, -0.2) is 0 Å². The summed E-state index contributed by atoms with van der Waals surface area (Å²) in [4.78, 5) is 0. The third kappa shape index (κ3) is 3.29. The zero-order chi connectivity index (χ0) is 14.7. The smallest absolute Gasteiger partial charge is 0.0556 e. The normalized spacial score (nSPS) is 12.7. The van der Waals surface area contributed by atoms with E-state index in [2.05, 4.69) is 70.2 Å². The topological polar surface area (TPSA) is 26.0 Å². The van der Waals surface area contributed by atoms with Crippen LogP contribution < -0.4 is 5.73 Å². The summed E-state index contributed by atoms with van der Waals surface area (Å²) >= 11 is 0. The lowest BCUT2D eigenvalue weighted by molar-refractivity contribution is 0.647. The zero-order valence-corrected chi connectivity index (χ0v) is 13.0. The van der Waals surface area contributed by atoms with Crippen molar-refractivity contribution in [2.45, 2.75) is 40.2 Å². The lowest BCUT2D eigenvalue weighted by Gasteiger charge is -2.18. The van der Waals surface area contributed by atoms with Gasteiger partial charge in [0.2, 0.25) is 0 Å². The van der Waals surface area contributed by atoms with Crippen LogP contribution in [0.4, 0.5) is 0 Å². The number of hydrogen-bond donors (Lipinski definition) is 1. The molecule has 0 aliphatic rings. The average molecular weight is 267 g/mol. The van der Waals surface area contributed by atoms with Crippen molar-refractivity contribution in [3.05, 3.63) is 70.3 Å². The van der Waals surface area contributed by atoms with Gasteiger partial charge in [-0.05, 0) is 54.0 Å². The lowest BCUT2D eigenvalue weighted by Crippen LogP contribution is -2.14. The van der Waals surface area contributed by atoms with Crippen molar-refractivity contribution in [3.8, 4) is 0 Å². The highest BCUT2D eigenvalue weighted by atomic mass is 14.6. The molecule has 1 unspecified atom stereocenters. The van der Waals surface area contributed by atoms with E-state index in [1.165, 1.54) is 27.8 Å². The van der Waals surface area contributed by atoms with Gasteiger partial charge in [-0.3, -0.25) is 0 Å². The van der Waals surface area contributed by atoms with E-state index in [0.717, 1.165) is 6.42 Å². The van der Waals surface area contributed by atoms with Gasteiger partial charge in [0, 0.05) is 0 Å². The maximum Gasteiger partial charge on any atom is 0.0556 e. The Morgan fingerprint density at radius 3 is 1.95 bits per heavy atom. The molecular formula is C19H25N. The van der Waals surface area contributed by atoms with Crippen molar-refractivity contribution >= 4 is 0 Å². The molecule has 1 nitrogen and oxygen atoms in total. The Morgan fingerprint density at radius 1 is 0.900 bits per heavy atom. The van der Waals surface area contributed by atoms with E-state index in [-0.39, 0.29) is 6.04 Å². The molecule has 2 aromatic rings. The average Bonchev–Trinajstić information content (AvgIpc) is 2.38. The van der Waals surface area contributed by atoms with Crippen LogP contribution >= 0.6 is 0 Å². The van der Waals surface area contributed by atoms with Gasteiger partial charge in [0.05, 0.1) is 6.04 Å².